The predicted molar refractivity (Wildman–Crippen MR) is 316 cm³/mol. The number of hydrogen-bond donors (Lipinski definition) is 0. The van der Waals surface area contributed by atoms with Crippen molar-refractivity contribution < 1.29 is 23.8 Å². The molecule has 0 heterocycles. The van der Waals surface area contributed by atoms with Gasteiger partial charge in [-0.1, -0.05) is 268 Å². The summed E-state index contributed by atoms with van der Waals surface area (Å²) in [6, 6.07) is 0. The second kappa shape index (κ2) is 62.9. The van der Waals surface area contributed by atoms with Crippen LogP contribution in [0.15, 0.2) is 60.8 Å². The van der Waals surface area contributed by atoms with Crippen LogP contribution in [0.25, 0.3) is 0 Å². The molecule has 72 heavy (non-hydrogen) atoms. The third-order valence-electron chi connectivity index (χ3n) is 14.0. The maximum atomic E-state index is 12.9. The average Bonchev–Trinajstić information content (AvgIpc) is 3.38. The Morgan fingerprint density at radius 3 is 0.972 bits per heavy atom. The Hall–Kier alpha value is -2.40. The van der Waals surface area contributed by atoms with Gasteiger partial charge in [-0.25, -0.2) is 0 Å². The first kappa shape index (κ1) is 69.6. The highest BCUT2D eigenvalue weighted by molar-refractivity contribution is 5.70. The summed E-state index contributed by atoms with van der Waals surface area (Å²) in [5, 5.41) is 0. The number of carbonyl (C=O) groups is 2. The summed E-state index contributed by atoms with van der Waals surface area (Å²) < 4.78 is 17.5. The first-order chi connectivity index (χ1) is 35.6. The van der Waals surface area contributed by atoms with Crippen LogP contribution in [0.4, 0.5) is 0 Å². The number of rotatable bonds is 59. The van der Waals surface area contributed by atoms with Crippen molar-refractivity contribution in [1.82, 2.24) is 0 Å². The molecule has 0 rings (SSSR count). The Labute approximate surface area is 449 Å². The van der Waals surface area contributed by atoms with E-state index in [9.17, 15) is 9.59 Å². The normalized spacial score (nSPS) is 12.5. The molecule has 1 atom stereocenters. The number of carbonyl (C=O) groups excluding carboxylic acids is 2. The third-order valence-corrected chi connectivity index (χ3v) is 14.0. The largest absolute Gasteiger partial charge is 0.462 e. The zero-order chi connectivity index (χ0) is 52.0. The van der Waals surface area contributed by atoms with E-state index in [-0.39, 0.29) is 25.2 Å². The summed E-state index contributed by atoms with van der Waals surface area (Å²) in [7, 11) is 0. The molecule has 0 N–H and O–H groups in total. The number of allylic oxidation sites excluding steroid dienone is 10. The van der Waals surface area contributed by atoms with Gasteiger partial charge in [0.05, 0.1) is 6.61 Å². The Bertz CT molecular complexity index is 1230. The molecule has 0 saturated heterocycles. The lowest BCUT2D eigenvalue weighted by Crippen LogP contribution is -2.30. The van der Waals surface area contributed by atoms with Crippen molar-refractivity contribution in [2.45, 2.75) is 335 Å². The van der Waals surface area contributed by atoms with E-state index in [0.717, 1.165) is 57.8 Å². The van der Waals surface area contributed by atoms with E-state index in [0.29, 0.717) is 19.4 Å². The summed E-state index contributed by atoms with van der Waals surface area (Å²) in [5.41, 5.74) is 0. The van der Waals surface area contributed by atoms with Crippen molar-refractivity contribution in [1.29, 1.82) is 0 Å². The van der Waals surface area contributed by atoms with E-state index >= 15 is 0 Å². The average molecular weight is 1010 g/mol. The first-order valence-electron chi connectivity index (χ1n) is 31.8. The molecule has 5 nitrogen and oxygen atoms in total. The highest BCUT2D eigenvalue weighted by atomic mass is 16.6. The third kappa shape index (κ3) is 60.2. The molecule has 1 unspecified atom stereocenters. The Morgan fingerprint density at radius 2 is 0.583 bits per heavy atom. The van der Waals surface area contributed by atoms with E-state index in [1.54, 1.807) is 0 Å². The van der Waals surface area contributed by atoms with E-state index in [1.807, 2.05) is 0 Å². The SMILES string of the molecule is CCCCC/C=C\C/C=C\C/C=C\CCCCCCCCCOCC(COC(=O)CCCCCCCCCCC/C=C\CCCCCCCC)OC(=O)CCCCCCCCC/C=C\CCCCCCCC. The van der Waals surface area contributed by atoms with E-state index < -0.39 is 6.10 Å². The first-order valence-corrected chi connectivity index (χ1v) is 31.8. The van der Waals surface area contributed by atoms with Crippen LogP contribution in [-0.2, 0) is 23.8 Å². The van der Waals surface area contributed by atoms with Gasteiger partial charge in [-0.15, -0.1) is 0 Å². The summed E-state index contributed by atoms with van der Waals surface area (Å²) >= 11 is 0. The molecule has 0 aliphatic rings. The minimum atomic E-state index is -0.547. The molecule has 0 aromatic rings. The minimum absolute atomic E-state index is 0.0798. The van der Waals surface area contributed by atoms with Crippen molar-refractivity contribution in [3.8, 4) is 0 Å². The van der Waals surface area contributed by atoms with E-state index in [1.165, 1.54) is 238 Å². The minimum Gasteiger partial charge on any atom is -0.462 e. The van der Waals surface area contributed by atoms with Crippen LogP contribution >= 0.6 is 0 Å². The molecular formula is C67H122O5. The monoisotopic (exact) mass is 1010 g/mol. The fraction of sp³-hybridized carbons (Fsp3) is 0.821. The molecule has 5 heteroatoms. The summed E-state index contributed by atoms with van der Waals surface area (Å²) in [5.74, 6) is -0.395. The van der Waals surface area contributed by atoms with Crippen LogP contribution < -0.4 is 0 Å². The number of ether oxygens (including phenoxy) is 3. The highest BCUT2D eigenvalue weighted by Gasteiger charge is 2.18. The van der Waals surface area contributed by atoms with Gasteiger partial charge in [0.25, 0.3) is 0 Å². The number of hydrogen-bond acceptors (Lipinski definition) is 5. The molecule has 0 bridgehead atoms. The number of esters is 2. The fourth-order valence-electron chi connectivity index (χ4n) is 9.21. The van der Waals surface area contributed by atoms with Crippen molar-refractivity contribution in [3.05, 3.63) is 60.8 Å². The topological polar surface area (TPSA) is 61.8 Å². The van der Waals surface area contributed by atoms with Crippen LogP contribution in [-0.4, -0.2) is 37.9 Å². The Kier molecular flexibility index (Phi) is 60.8. The number of unbranched alkanes of at least 4 members (excludes halogenated alkanes) is 38. The second-order valence-corrected chi connectivity index (χ2v) is 21.3. The van der Waals surface area contributed by atoms with Gasteiger partial charge in [0.1, 0.15) is 6.61 Å². The molecule has 0 amide bonds. The molecule has 0 aliphatic heterocycles. The molecule has 0 saturated carbocycles. The zero-order valence-electron chi connectivity index (χ0n) is 48.5. The van der Waals surface area contributed by atoms with Gasteiger partial charge in [-0.05, 0) is 109 Å². The smallest absolute Gasteiger partial charge is 0.306 e. The molecule has 0 fully saturated rings. The maximum absolute atomic E-state index is 12.9. The molecule has 0 aromatic carbocycles. The lowest BCUT2D eigenvalue weighted by molar-refractivity contribution is -0.163. The van der Waals surface area contributed by atoms with Crippen LogP contribution in [0.1, 0.15) is 329 Å². The second-order valence-electron chi connectivity index (χ2n) is 21.3. The van der Waals surface area contributed by atoms with Crippen molar-refractivity contribution in [3.63, 3.8) is 0 Å². The summed E-state index contributed by atoms with van der Waals surface area (Å²) in [6.07, 6.45) is 81.1. The summed E-state index contributed by atoms with van der Waals surface area (Å²) in [4.78, 5) is 25.6. The van der Waals surface area contributed by atoms with Crippen LogP contribution in [0.3, 0.4) is 0 Å². The van der Waals surface area contributed by atoms with Gasteiger partial charge in [0.15, 0.2) is 6.10 Å². The van der Waals surface area contributed by atoms with Crippen LogP contribution in [0.5, 0.6) is 0 Å². The van der Waals surface area contributed by atoms with Crippen molar-refractivity contribution >= 4 is 11.9 Å². The molecular weight excluding hydrogens is 885 g/mol. The zero-order valence-corrected chi connectivity index (χ0v) is 48.5. The standard InChI is InChI=1S/C67H122O5/c1-4-7-10-13-16-19-22-25-28-31-33-35-38-41-44-47-50-53-56-59-62-70-63-65(72-67(69)61-58-55-52-49-46-43-40-36-30-27-24-21-18-15-12-9-6-3)64-71-66(68)60-57-54-51-48-45-42-39-37-34-32-29-26-23-20-17-14-11-8-5-2/h16,19,25-30,33,35,65H,4-15,17-18,20-24,31-32,34,36-64H2,1-3H3/b19-16-,28-25-,29-26-,30-27-,35-33-. The quantitative estimate of drug-likeness (QED) is 0.0345. The van der Waals surface area contributed by atoms with Gasteiger partial charge in [-0.3, -0.25) is 9.59 Å². The van der Waals surface area contributed by atoms with Gasteiger partial charge >= 0.3 is 11.9 Å². The highest BCUT2D eigenvalue weighted by Crippen LogP contribution is 2.16. The predicted octanol–water partition coefficient (Wildman–Crippen LogP) is 22.0. The van der Waals surface area contributed by atoms with Gasteiger partial charge in [0, 0.05) is 19.4 Å². The van der Waals surface area contributed by atoms with Gasteiger partial charge in [0.2, 0.25) is 0 Å². The Morgan fingerprint density at radius 1 is 0.306 bits per heavy atom. The molecule has 0 radical (unpaired) electrons. The summed E-state index contributed by atoms with van der Waals surface area (Å²) in [6.45, 7) is 7.82. The fourth-order valence-corrected chi connectivity index (χ4v) is 9.21. The molecule has 0 aromatic heterocycles. The Balaban J connectivity index is 4.29. The van der Waals surface area contributed by atoms with E-state index in [4.69, 9.17) is 14.2 Å². The molecule has 0 aliphatic carbocycles. The van der Waals surface area contributed by atoms with E-state index in [2.05, 4.69) is 81.5 Å². The lowest BCUT2D eigenvalue weighted by Gasteiger charge is -2.18. The van der Waals surface area contributed by atoms with Crippen molar-refractivity contribution in [2.75, 3.05) is 19.8 Å². The van der Waals surface area contributed by atoms with Crippen LogP contribution in [0, 0.1) is 0 Å². The molecule has 420 valence electrons. The molecule has 0 spiro atoms. The van der Waals surface area contributed by atoms with Gasteiger partial charge < -0.3 is 14.2 Å². The maximum Gasteiger partial charge on any atom is 0.306 e. The van der Waals surface area contributed by atoms with Crippen LogP contribution in [0.2, 0.25) is 0 Å². The lowest BCUT2D eigenvalue weighted by atomic mass is 10.1. The van der Waals surface area contributed by atoms with Gasteiger partial charge in [-0.2, -0.15) is 0 Å². The van der Waals surface area contributed by atoms with Crippen molar-refractivity contribution in [2.24, 2.45) is 0 Å².